The van der Waals surface area contributed by atoms with E-state index in [4.69, 9.17) is 11.6 Å². The Bertz CT molecular complexity index is 543. The van der Waals surface area contributed by atoms with Crippen LogP contribution in [-0.4, -0.2) is 18.6 Å². The number of nitrogens with one attached hydrogen (secondary N) is 1. The minimum Gasteiger partial charge on any atom is -0.370 e. The molecule has 0 saturated heterocycles. The van der Waals surface area contributed by atoms with E-state index >= 15 is 0 Å². The van der Waals surface area contributed by atoms with Crippen LogP contribution in [0.25, 0.3) is 0 Å². The zero-order valence-electron chi connectivity index (χ0n) is 11.9. The average molecular weight is 290 g/mol. The van der Waals surface area contributed by atoms with Gasteiger partial charge in [0.1, 0.15) is 0 Å². The number of hydrogen-bond acceptors (Lipinski definition) is 3. The minimum absolute atomic E-state index is 0.809. The van der Waals surface area contributed by atoms with Gasteiger partial charge in [0.05, 0.1) is 0 Å². The lowest BCUT2D eigenvalue weighted by Crippen LogP contribution is -2.17. The monoisotopic (exact) mass is 289 g/mol. The van der Waals surface area contributed by atoms with E-state index in [-0.39, 0.29) is 0 Å². The van der Waals surface area contributed by atoms with E-state index in [0.717, 1.165) is 35.9 Å². The van der Waals surface area contributed by atoms with Crippen LogP contribution in [0.1, 0.15) is 18.1 Å². The molecule has 0 amide bonds. The number of aromatic nitrogens is 1. The van der Waals surface area contributed by atoms with Gasteiger partial charge in [-0.05, 0) is 41.9 Å². The molecule has 1 heterocycles. The fourth-order valence-electron chi connectivity index (χ4n) is 2.03. The van der Waals surface area contributed by atoms with Gasteiger partial charge in [-0.15, -0.1) is 0 Å². The van der Waals surface area contributed by atoms with Gasteiger partial charge in [-0.25, -0.2) is 0 Å². The summed E-state index contributed by atoms with van der Waals surface area (Å²) in [6.45, 7) is 4.68. The first-order valence-corrected chi connectivity index (χ1v) is 7.17. The molecule has 0 atom stereocenters. The third-order valence-corrected chi connectivity index (χ3v) is 3.56. The van der Waals surface area contributed by atoms with Crippen molar-refractivity contribution in [1.82, 2.24) is 10.3 Å². The molecular formula is C16H20ClN3. The van der Waals surface area contributed by atoms with Crippen LogP contribution in [-0.2, 0) is 13.1 Å². The Balaban J connectivity index is 2.07. The van der Waals surface area contributed by atoms with Gasteiger partial charge >= 0.3 is 0 Å². The van der Waals surface area contributed by atoms with Crippen LogP contribution >= 0.6 is 11.6 Å². The molecule has 0 saturated carbocycles. The summed E-state index contributed by atoms with van der Waals surface area (Å²) in [6.07, 6.45) is 3.63. The fraction of sp³-hybridized carbons (Fsp3) is 0.312. The number of nitrogens with zero attached hydrogens (tertiary/aromatic N) is 2. The van der Waals surface area contributed by atoms with Crippen LogP contribution in [0, 0.1) is 0 Å². The molecule has 1 aromatic carbocycles. The van der Waals surface area contributed by atoms with E-state index in [2.05, 4.69) is 41.3 Å². The Morgan fingerprint density at radius 3 is 2.60 bits per heavy atom. The van der Waals surface area contributed by atoms with Crippen LogP contribution in [0.5, 0.6) is 0 Å². The molecule has 4 heteroatoms. The predicted molar refractivity (Wildman–Crippen MR) is 85.2 cm³/mol. The maximum atomic E-state index is 6.34. The summed E-state index contributed by atoms with van der Waals surface area (Å²) in [5.41, 5.74) is 3.48. The van der Waals surface area contributed by atoms with Crippen molar-refractivity contribution in [2.24, 2.45) is 0 Å². The smallest absolute Gasteiger partial charge is 0.0471 e. The summed E-state index contributed by atoms with van der Waals surface area (Å²) >= 11 is 6.34. The van der Waals surface area contributed by atoms with Crippen LogP contribution in [0.4, 0.5) is 5.69 Å². The normalized spacial score (nSPS) is 10.6. The van der Waals surface area contributed by atoms with Crippen molar-refractivity contribution in [3.8, 4) is 0 Å². The van der Waals surface area contributed by atoms with Crippen LogP contribution in [0.2, 0.25) is 5.02 Å². The summed E-state index contributed by atoms with van der Waals surface area (Å²) in [5.74, 6) is 0. The molecular weight excluding hydrogens is 270 g/mol. The average Bonchev–Trinajstić information content (AvgIpc) is 2.47. The van der Waals surface area contributed by atoms with Crippen LogP contribution < -0.4 is 10.2 Å². The standard InChI is InChI=1S/C16H20ClN3/c1-3-18-11-14-4-5-15(10-16(14)17)20(2)12-13-6-8-19-9-7-13/h4-10,18H,3,11-12H2,1-2H3. The van der Waals surface area contributed by atoms with Crippen LogP contribution in [0.3, 0.4) is 0 Å². The highest BCUT2D eigenvalue weighted by Crippen LogP contribution is 2.24. The lowest BCUT2D eigenvalue weighted by atomic mass is 10.1. The number of rotatable bonds is 6. The third kappa shape index (κ3) is 3.95. The highest BCUT2D eigenvalue weighted by Gasteiger charge is 2.06. The van der Waals surface area contributed by atoms with Gasteiger partial charge < -0.3 is 10.2 Å². The van der Waals surface area contributed by atoms with Crippen molar-refractivity contribution in [3.05, 3.63) is 58.9 Å². The second-order valence-electron chi connectivity index (χ2n) is 4.77. The Morgan fingerprint density at radius 2 is 1.95 bits per heavy atom. The Morgan fingerprint density at radius 1 is 1.20 bits per heavy atom. The highest BCUT2D eigenvalue weighted by atomic mass is 35.5. The molecule has 3 nitrogen and oxygen atoms in total. The zero-order valence-corrected chi connectivity index (χ0v) is 12.7. The first-order chi connectivity index (χ1) is 9.70. The van der Waals surface area contributed by atoms with Crippen molar-refractivity contribution in [1.29, 1.82) is 0 Å². The molecule has 0 aliphatic heterocycles. The molecule has 0 aliphatic rings. The number of halogens is 1. The predicted octanol–water partition coefficient (Wildman–Crippen LogP) is 3.48. The first-order valence-electron chi connectivity index (χ1n) is 6.80. The first kappa shape index (κ1) is 14.8. The van der Waals surface area contributed by atoms with Gasteiger partial charge in [0.15, 0.2) is 0 Å². The molecule has 20 heavy (non-hydrogen) atoms. The van der Waals surface area contributed by atoms with E-state index in [9.17, 15) is 0 Å². The molecule has 106 valence electrons. The van der Waals surface area contributed by atoms with Gasteiger partial charge in [-0.1, -0.05) is 24.6 Å². The second kappa shape index (κ2) is 7.27. The van der Waals surface area contributed by atoms with Crippen LogP contribution in [0.15, 0.2) is 42.7 Å². The van der Waals surface area contributed by atoms with E-state index in [0.29, 0.717) is 0 Å². The maximum absolute atomic E-state index is 6.34. The lowest BCUT2D eigenvalue weighted by molar-refractivity contribution is 0.727. The van der Waals surface area contributed by atoms with E-state index in [1.165, 1.54) is 5.56 Å². The van der Waals surface area contributed by atoms with Crippen molar-refractivity contribution >= 4 is 17.3 Å². The molecule has 0 unspecified atom stereocenters. The van der Waals surface area contributed by atoms with E-state index in [1.54, 1.807) is 0 Å². The molecule has 2 aromatic rings. The molecule has 0 spiro atoms. The quantitative estimate of drug-likeness (QED) is 0.882. The van der Waals surface area contributed by atoms with Gasteiger partial charge in [0.25, 0.3) is 0 Å². The number of benzene rings is 1. The third-order valence-electron chi connectivity index (χ3n) is 3.21. The molecule has 1 N–H and O–H groups in total. The van der Waals surface area contributed by atoms with Gasteiger partial charge in [-0.3, -0.25) is 4.98 Å². The summed E-state index contributed by atoms with van der Waals surface area (Å²) < 4.78 is 0. The van der Waals surface area contributed by atoms with Gasteiger partial charge in [-0.2, -0.15) is 0 Å². The summed E-state index contributed by atoms with van der Waals surface area (Å²) in [7, 11) is 2.07. The topological polar surface area (TPSA) is 28.2 Å². The number of hydrogen-bond donors (Lipinski definition) is 1. The van der Waals surface area contributed by atoms with Crippen molar-refractivity contribution in [3.63, 3.8) is 0 Å². The Hall–Kier alpha value is -1.58. The summed E-state index contributed by atoms with van der Waals surface area (Å²) in [5, 5.41) is 4.10. The van der Waals surface area contributed by atoms with E-state index in [1.807, 2.05) is 30.6 Å². The Labute approximate surface area is 125 Å². The lowest BCUT2D eigenvalue weighted by Gasteiger charge is -2.20. The second-order valence-corrected chi connectivity index (χ2v) is 5.17. The molecule has 0 bridgehead atoms. The largest absolute Gasteiger partial charge is 0.370 e. The summed E-state index contributed by atoms with van der Waals surface area (Å²) in [4.78, 5) is 6.21. The molecule has 0 fully saturated rings. The maximum Gasteiger partial charge on any atom is 0.0471 e. The SMILES string of the molecule is CCNCc1ccc(N(C)Cc2ccncc2)cc1Cl. The van der Waals surface area contributed by atoms with Crippen molar-refractivity contribution < 1.29 is 0 Å². The minimum atomic E-state index is 0.809. The molecule has 2 rings (SSSR count). The Kier molecular flexibility index (Phi) is 5.39. The van der Waals surface area contributed by atoms with Crippen molar-refractivity contribution in [2.75, 3.05) is 18.5 Å². The highest BCUT2D eigenvalue weighted by molar-refractivity contribution is 6.31. The molecule has 0 radical (unpaired) electrons. The zero-order chi connectivity index (χ0) is 14.4. The summed E-state index contributed by atoms with van der Waals surface area (Å²) in [6, 6.07) is 10.3. The van der Waals surface area contributed by atoms with E-state index < -0.39 is 0 Å². The van der Waals surface area contributed by atoms with Crippen molar-refractivity contribution in [2.45, 2.75) is 20.0 Å². The molecule has 0 aliphatic carbocycles. The van der Waals surface area contributed by atoms with Gasteiger partial charge in [0, 0.05) is 43.2 Å². The molecule has 1 aromatic heterocycles. The number of pyridine rings is 1. The fourth-order valence-corrected chi connectivity index (χ4v) is 2.27. The number of anilines is 1. The van der Waals surface area contributed by atoms with Gasteiger partial charge in [0.2, 0.25) is 0 Å².